The zero-order valence-electron chi connectivity index (χ0n) is 15.6. The number of carbonyl (C=O) groups excluding carboxylic acids is 2. The standard InChI is InChI=1S/C19H21BrN4O3S/c1-3-4-7-28-19-23-16-15(18(27)24-19)12(9-14(25)22-16)17(26)21-13-6-5-11(20)8-10(13)2/h5-6,8,12H,3-4,7,9H2,1-2H3,(H,21,26)(H2,22,23,24,25,27). The van der Waals surface area contributed by atoms with Gasteiger partial charge in [0.1, 0.15) is 5.82 Å². The van der Waals surface area contributed by atoms with Crippen LogP contribution in [0.15, 0.2) is 32.6 Å². The topological polar surface area (TPSA) is 104 Å². The molecule has 148 valence electrons. The predicted molar refractivity (Wildman–Crippen MR) is 114 cm³/mol. The number of carbonyl (C=O) groups is 2. The Kier molecular flexibility index (Phi) is 6.56. The van der Waals surface area contributed by atoms with Crippen LogP contribution in [-0.4, -0.2) is 27.5 Å². The van der Waals surface area contributed by atoms with Crippen LogP contribution < -0.4 is 16.2 Å². The number of nitrogens with one attached hydrogen (secondary N) is 3. The fourth-order valence-electron chi connectivity index (χ4n) is 2.94. The summed E-state index contributed by atoms with van der Waals surface area (Å²) in [5.41, 5.74) is 1.32. The summed E-state index contributed by atoms with van der Waals surface area (Å²) >= 11 is 4.81. The van der Waals surface area contributed by atoms with Gasteiger partial charge in [0.2, 0.25) is 11.8 Å². The van der Waals surface area contributed by atoms with Crippen molar-refractivity contribution in [2.75, 3.05) is 16.4 Å². The number of thioether (sulfide) groups is 1. The third-order valence-electron chi connectivity index (χ3n) is 4.43. The lowest BCUT2D eigenvalue weighted by atomic mass is 9.92. The number of aromatic nitrogens is 2. The number of amides is 2. The van der Waals surface area contributed by atoms with Gasteiger partial charge in [-0.1, -0.05) is 41.0 Å². The number of halogens is 1. The van der Waals surface area contributed by atoms with Gasteiger partial charge in [-0.05, 0) is 37.1 Å². The first-order valence-corrected chi connectivity index (χ1v) is 10.8. The largest absolute Gasteiger partial charge is 0.325 e. The van der Waals surface area contributed by atoms with Crippen molar-refractivity contribution in [2.24, 2.45) is 0 Å². The number of rotatable bonds is 6. The van der Waals surface area contributed by atoms with Crippen molar-refractivity contribution >= 4 is 51.0 Å². The zero-order valence-corrected chi connectivity index (χ0v) is 18.0. The summed E-state index contributed by atoms with van der Waals surface area (Å²) in [6, 6.07) is 5.47. The number of unbranched alkanes of at least 4 members (excludes halogenated alkanes) is 1. The molecule has 1 aromatic heterocycles. The first-order valence-electron chi connectivity index (χ1n) is 9.03. The maximum atomic E-state index is 12.9. The van der Waals surface area contributed by atoms with Crippen molar-refractivity contribution in [3.05, 3.63) is 44.2 Å². The predicted octanol–water partition coefficient (Wildman–Crippen LogP) is 3.80. The maximum Gasteiger partial charge on any atom is 0.257 e. The van der Waals surface area contributed by atoms with Crippen molar-refractivity contribution in [1.29, 1.82) is 0 Å². The Morgan fingerprint density at radius 2 is 2.18 bits per heavy atom. The highest BCUT2D eigenvalue weighted by Crippen LogP contribution is 2.31. The molecule has 1 unspecified atom stereocenters. The first kappa shape index (κ1) is 20.6. The van der Waals surface area contributed by atoms with Crippen molar-refractivity contribution in [3.8, 4) is 0 Å². The first-order chi connectivity index (χ1) is 13.4. The van der Waals surface area contributed by atoms with Crippen LogP contribution in [0.1, 0.15) is 43.2 Å². The van der Waals surface area contributed by atoms with Crippen LogP contribution in [0.4, 0.5) is 11.5 Å². The molecule has 0 saturated carbocycles. The molecule has 2 amide bonds. The minimum Gasteiger partial charge on any atom is -0.325 e. The SMILES string of the molecule is CCCCSc1nc2c(c(=O)[nH]1)C(C(=O)Nc1ccc(Br)cc1C)CC(=O)N2. The summed E-state index contributed by atoms with van der Waals surface area (Å²) in [5.74, 6) is -0.633. The van der Waals surface area contributed by atoms with Crippen LogP contribution in [-0.2, 0) is 9.59 Å². The molecular weight excluding hydrogens is 444 g/mol. The summed E-state index contributed by atoms with van der Waals surface area (Å²) in [7, 11) is 0. The summed E-state index contributed by atoms with van der Waals surface area (Å²) in [6.45, 7) is 3.95. The van der Waals surface area contributed by atoms with E-state index in [0.29, 0.717) is 10.8 Å². The smallest absolute Gasteiger partial charge is 0.257 e. The molecule has 28 heavy (non-hydrogen) atoms. The Hall–Kier alpha value is -2.13. The third-order valence-corrected chi connectivity index (χ3v) is 5.88. The molecule has 0 bridgehead atoms. The van der Waals surface area contributed by atoms with E-state index in [2.05, 4.69) is 43.5 Å². The highest BCUT2D eigenvalue weighted by Gasteiger charge is 2.34. The van der Waals surface area contributed by atoms with E-state index in [1.165, 1.54) is 11.8 Å². The van der Waals surface area contributed by atoms with Crippen molar-refractivity contribution in [2.45, 2.75) is 44.2 Å². The molecule has 7 nitrogen and oxygen atoms in total. The number of fused-ring (bicyclic) bond motifs is 1. The number of anilines is 2. The van der Waals surface area contributed by atoms with E-state index in [1.54, 1.807) is 6.07 Å². The molecule has 1 aliphatic rings. The van der Waals surface area contributed by atoms with Gasteiger partial charge in [-0.3, -0.25) is 14.4 Å². The lowest BCUT2D eigenvalue weighted by molar-refractivity contribution is -0.123. The lowest BCUT2D eigenvalue weighted by Gasteiger charge is -2.23. The highest BCUT2D eigenvalue weighted by atomic mass is 79.9. The molecule has 2 heterocycles. The van der Waals surface area contributed by atoms with Gasteiger partial charge < -0.3 is 15.6 Å². The molecule has 0 saturated heterocycles. The lowest BCUT2D eigenvalue weighted by Crippen LogP contribution is -2.36. The summed E-state index contributed by atoms with van der Waals surface area (Å²) in [6.07, 6.45) is 1.94. The fourth-order valence-corrected chi connectivity index (χ4v) is 4.37. The van der Waals surface area contributed by atoms with Gasteiger partial charge in [-0.25, -0.2) is 4.98 Å². The molecule has 9 heteroatoms. The third kappa shape index (κ3) is 4.64. The van der Waals surface area contributed by atoms with E-state index in [1.807, 2.05) is 19.1 Å². The number of H-pyrrole nitrogens is 1. The van der Waals surface area contributed by atoms with Crippen LogP contribution in [0, 0.1) is 6.92 Å². The molecule has 1 aromatic carbocycles. The molecule has 0 radical (unpaired) electrons. The Morgan fingerprint density at radius 3 is 2.89 bits per heavy atom. The number of aromatic amines is 1. The average molecular weight is 465 g/mol. The molecule has 3 rings (SSSR count). The second kappa shape index (κ2) is 8.91. The second-order valence-corrected chi connectivity index (χ2v) is 8.59. The van der Waals surface area contributed by atoms with Gasteiger partial charge in [-0.15, -0.1) is 0 Å². The number of aryl methyl sites for hydroxylation is 1. The highest BCUT2D eigenvalue weighted by molar-refractivity contribution is 9.10. The molecular formula is C19H21BrN4O3S. The van der Waals surface area contributed by atoms with Gasteiger partial charge in [0, 0.05) is 22.3 Å². The van der Waals surface area contributed by atoms with Crippen molar-refractivity contribution in [1.82, 2.24) is 9.97 Å². The summed E-state index contributed by atoms with van der Waals surface area (Å²) < 4.78 is 0.902. The molecule has 1 aliphatic heterocycles. The van der Waals surface area contributed by atoms with Crippen LogP contribution in [0.2, 0.25) is 0 Å². The minimum absolute atomic E-state index is 0.0957. The number of hydrogen-bond acceptors (Lipinski definition) is 5. The van der Waals surface area contributed by atoms with E-state index >= 15 is 0 Å². The quantitative estimate of drug-likeness (QED) is 0.342. The molecule has 2 aromatic rings. The molecule has 3 N–H and O–H groups in total. The van der Waals surface area contributed by atoms with Crippen molar-refractivity contribution in [3.63, 3.8) is 0 Å². The van der Waals surface area contributed by atoms with Gasteiger partial charge in [0.15, 0.2) is 5.16 Å². The van der Waals surface area contributed by atoms with Gasteiger partial charge in [0.25, 0.3) is 5.56 Å². The van der Waals surface area contributed by atoms with Crippen molar-refractivity contribution < 1.29 is 9.59 Å². The van der Waals surface area contributed by atoms with E-state index < -0.39 is 17.4 Å². The van der Waals surface area contributed by atoms with Gasteiger partial charge in [-0.2, -0.15) is 0 Å². The van der Waals surface area contributed by atoms with E-state index in [4.69, 9.17) is 0 Å². The normalized spacial score (nSPS) is 15.7. The fraction of sp³-hybridized carbons (Fsp3) is 0.368. The average Bonchev–Trinajstić information content (AvgIpc) is 2.63. The molecule has 1 atom stereocenters. The Balaban J connectivity index is 1.88. The van der Waals surface area contributed by atoms with Gasteiger partial charge >= 0.3 is 0 Å². The minimum atomic E-state index is -0.891. The molecule has 0 fully saturated rings. The van der Waals surface area contributed by atoms with E-state index in [-0.39, 0.29) is 23.7 Å². The summed E-state index contributed by atoms with van der Waals surface area (Å²) in [5, 5.41) is 5.90. The van der Waals surface area contributed by atoms with E-state index in [9.17, 15) is 14.4 Å². The number of nitrogens with zero attached hydrogens (tertiary/aromatic N) is 1. The molecule has 0 aliphatic carbocycles. The molecule has 0 spiro atoms. The van der Waals surface area contributed by atoms with E-state index in [0.717, 1.165) is 28.6 Å². The van der Waals surface area contributed by atoms with Crippen LogP contribution in [0.5, 0.6) is 0 Å². The zero-order chi connectivity index (χ0) is 20.3. The summed E-state index contributed by atoms with van der Waals surface area (Å²) in [4.78, 5) is 44.8. The maximum absolute atomic E-state index is 12.9. The number of benzene rings is 1. The Morgan fingerprint density at radius 1 is 1.39 bits per heavy atom. The van der Waals surface area contributed by atoms with Gasteiger partial charge in [0.05, 0.1) is 11.5 Å². The Labute approximate surface area is 175 Å². The van der Waals surface area contributed by atoms with Crippen LogP contribution >= 0.6 is 27.7 Å². The van der Waals surface area contributed by atoms with Crippen LogP contribution in [0.3, 0.4) is 0 Å². The second-order valence-electron chi connectivity index (χ2n) is 6.59. The van der Waals surface area contributed by atoms with Crippen LogP contribution in [0.25, 0.3) is 0 Å². The Bertz CT molecular complexity index is 976. The number of hydrogen-bond donors (Lipinski definition) is 3. The monoisotopic (exact) mass is 464 g/mol.